The van der Waals surface area contributed by atoms with Crippen molar-refractivity contribution in [3.05, 3.63) is 48.6 Å². The average Bonchev–Trinajstić information content (AvgIpc) is 1.28. The molecule has 0 aromatic rings. The largest absolute Gasteiger partial charge is 0.472 e. The van der Waals surface area contributed by atoms with Crippen molar-refractivity contribution in [3.63, 3.8) is 0 Å². The van der Waals surface area contributed by atoms with Gasteiger partial charge >= 0.3 is 39.5 Å². The third-order valence-electron chi connectivity index (χ3n) is 17.1. The number of phosphoric ester groups is 2. The lowest BCUT2D eigenvalue weighted by molar-refractivity contribution is -0.161. The smallest absolute Gasteiger partial charge is 0.462 e. The summed E-state index contributed by atoms with van der Waals surface area (Å²) in [7, 11) is -9.94. The Morgan fingerprint density at radius 3 is 0.885 bits per heavy atom. The number of ether oxygens (including phenoxy) is 4. The fraction of sp³-hybridized carbons (Fsp3) is 0.844. The van der Waals surface area contributed by atoms with E-state index in [0.29, 0.717) is 25.7 Å². The second kappa shape index (κ2) is 69.1. The van der Waals surface area contributed by atoms with Crippen LogP contribution in [0.2, 0.25) is 0 Å². The summed E-state index contributed by atoms with van der Waals surface area (Å²) >= 11 is 0. The third kappa shape index (κ3) is 68.2. The van der Waals surface area contributed by atoms with Crippen molar-refractivity contribution in [2.24, 2.45) is 5.92 Å². The first kappa shape index (κ1) is 93.0. The Labute approximate surface area is 585 Å². The molecule has 0 aliphatic rings. The first-order chi connectivity index (χ1) is 46.6. The Morgan fingerprint density at radius 2 is 0.583 bits per heavy atom. The van der Waals surface area contributed by atoms with Crippen LogP contribution in [0.5, 0.6) is 0 Å². The molecular weight excluding hydrogens is 1260 g/mol. The van der Waals surface area contributed by atoms with Crippen LogP contribution in [-0.4, -0.2) is 96.7 Å². The molecule has 0 aliphatic carbocycles. The molecule has 96 heavy (non-hydrogen) atoms. The number of allylic oxidation sites excluding steroid dienone is 8. The normalized spacial score (nSPS) is 14.5. The van der Waals surface area contributed by atoms with Crippen LogP contribution in [0.4, 0.5) is 0 Å². The molecule has 0 spiro atoms. The minimum absolute atomic E-state index is 0.0820. The molecule has 0 saturated heterocycles. The molecule has 0 amide bonds. The minimum Gasteiger partial charge on any atom is -0.462 e. The number of aliphatic hydroxyl groups excluding tert-OH is 1. The summed E-state index contributed by atoms with van der Waals surface area (Å²) in [5.41, 5.74) is 0. The quantitative estimate of drug-likeness (QED) is 0.0169. The van der Waals surface area contributed by atoms with Gasteiger partial charge in [0.2, 0.25) is 0 Å². The fourth-order valence-corrected chi connectivity index (χ4v) is 12.3. The Hall–Kier alpha value is -2.98. The van der Waals surface area contributed by atoms with Gasteiger partial charge in [-0.05, 0) is 83.0 Å². The summed E-state index contributed by atoms with van der Waals surface area (Å²) in [5, 5.41) is 10.6. The van der Waals surface area contributed by atoms with Crippen molar-refractivity contribution >= 4 is 39.5 Å². The molecule has 3 unspecified atom stereocenters. The molecule has 19 heteroatoms. The van der Waals surface area contributed by atoms with E-state index in [9.17, 15) is 43.2 Å². The second-order valence-electron chi connectivity index (χ2n) is 26.6. The van der Waals surface area contributed by atoms with Gasteiger partial charge in [0.1, 0.15) is 19.3 Å². The van der Waals surface area contributed by atoms with E-state index in [4.69, 9.17) is 37.0 Å². The Kier molecular flexibility index (Phi) is 67.0. The molecule has 3 N–H and O–H groups in total. The number of hydrogen-bond donors (Lipinski definition) is 3. The molecule has 0 bridgehead atoms. The van der Waals surface area contributed by atoms with Crippen molar-refractivity contribution < 1.29 is 80.2 Å². The number of unbranched alkanes of at least 4 members (excludes halogenated alkanes) is 38. The molecule has 0 aromatic carbocycles. The lowest BCUT2D eigenvalue weighted by Crippen LogP contribution is -2.30. The van der Waals surface area contributed by atoms with Gasteiger partial charge < -0.3 is 33.8 Å². The van der Waals surface area contributed by atoms with Gasteiger partial charge in [-0.25, -0.2) is 9.13 Å². The Bertz CT molecular complexity index is 2030. The van der Waals surface area contributed by atoms with Crippen LogP contribution in [0.1, 0.15) is 356 Å². The van der Waals surface area contributed by atoms with Crippen molar-refractivity contribution in [2.75, 3.05) is 39.6 Å². The van der Waals surface area contributed by atoms with Gasteiger partial charge in [-0.2, -0.15) is 0 Å². The summed E-state index contributed by atoms with van der Waals surface area (Å²) in [5.74, 6) is -1.45. The molecule has 0 heterocycles. The highest BCUT2D eigenvalue weighted by molar-refractivity contribution is 7.47. The zero-order valence-corrected chi connectivity index (χ0v) is 63.3. The zero-order valence-electron chi connectivity index (χ0n) is 61.5. The minimum atomic E-state index is -4.97. The van der Waals surface area contributed by atoms with Crippen molar-refractivity contribution in [3.8, 4) is 0 Å². The maximum Gasteiger partial charge on any atom is 0.472 e. The summed E-state index contributed by atoms with van der Waals surface area (Å²) < 4.78 is 68.5. The van der Waals surface area contributed by atoms with Crippen molar-refractivity contribution in [2.45, 2.75) is 374 Å². The number of aliphatic hydroxyl groups is 1. The van der Waals surface area contributed by atoms with Crippen molar-refractivity contribution in [1.29, 1.82) is 0 Å². The van der Waals surface area contributed by atoms with Gasteiger partial charge in [0.05, 0.1) is 26.4 Å². The van der Waals surface area contributed by atoms with E-state index in [1.54, 1.807) is 0 Å². The van der Waals surface area contributed by atoms with Crippen LogP contribution in [0.25, 0.3) is 0 Å². The summed E-state index contributed by atoms with van der Waals surface area (Å²) in [6.45, 7) is 7.12. The zero-order chi connectivity index (χ0) is 70.5. The molecule has 0 radical (unpaired) electrons. The highest BCUT2D eigenvalue weighted by atomic mass is 31.2. The summed E-state index contributed by atoms with van der Waals surface area (Å²) in [4.78, 5) is 72.8. The molecule has 0 saturated carbocycles. The van der Waals surface area contributed by atoms with E-state index >= 15 is 0 Å². The number of carbonyl (C=O) groups is 4. The molecule has 17 nitrogen and oxygen atoms in total. The van der Waals surface area contributed by atoms with Gasteiger partial charge in [0.15, 0.2) is 12.2 Å². The predicted molar refractivity (Wildman–Crippen MR) is 390 cm³/mol. The number of phosphoric acid groups is 2. The molecule has 6 atom stereocenters. The predicted octanol–water partition coefficient (Wildman–Crippen LogP) is 22.0. The SMILES string of the molecule is CCCCCC/C=C\C=C/CCCCCCCC(=O)OC[C@H](COP(=O)(O)OC[C@@H](O)COP(=O)(O)OC[C@@H](COC(=O)CCCCCCCCC(C)CC)OC(=O)CCCCCCC/C=C\C=C/CCCCCC)OC(=O)CCCCCCCCCCCCCCCCCC. The molecule has 562 valence electrons. The standard InChI is InChI=1S/C77H142O17P2/c1-6-10-13-16-19-22-25-28-31-34-37-40-43-46-53-58-62-76(81)93-72(66-87-74(79)60-55-50-44-41-38-35-32-29-26-23-20-17-14-11-7-2)68-91-95(83,84)89-64-71(78)65-90-96(85,86)92-69-73(67-88-75(80)61-56-51-48-47-49-54-59-70(5)9-4)94-77(82)63-57-52-45-42-39-36-33-30-27-24-21-18-15-12-8-3/h23-24,26-27,29-30,32-33,70-73,78H,6-22,25,28,31,34-69H2,1-5H3,(H,83,84)(H,85,86)/b26-23-,27-24-,32-29-,33-30-/t70?,71-,72-,73-/m1/s1. The van der Waals surface area contributed by atoms with Crippen LogP contribution in [0, 0.1) is 5.92 Å². The van der Waals surface area contributed by atoms with Crippen LogP contribution in [-0.2, 0) is 65.4 Å². The monoisotopic (exact) mass is 1400 g/mol. The first-order valence-electron chi connectivity index (χ1n) is 38.8. The molecule has 0 rings (SSSR count). The fourth-order valence-electron chi connectivity index (χ4n) is 10.8. The maximum atomic E-state index is 13.1. The number of rotatable bonds is 73. The van der Waals surface area contributed by atoms with Crippen molar-refractivity contribution in [1.82, 2.24) is 0 Å². The maximum absolute atomic E-state index is 13.1. The lowest BCUT2D eigenvalue weighted by Gasteiger charge is -2.21. The molecule has 0 aliphatic heterocycles. The molecular formula is C77H142O17P2. The van der Waals surface area contributed by atoms with E-state index in [0.717, 1.165) is 134 Å². The van der Waals surface area contributed by atoms with E-state index in [2.05, 4.69) is 83.2 Å². The van der Waals surface area contributed by atoms with E-state index in [-0.39, 0.29) is 25.7 Å². The molecule has 0 aromatic heterocycles. The number of carbonyl (C=O) groups excluding carboxylic acids is 4. The van der Waals surface area contributed by atoms with Crippen LogP contribution >= 0.6 is 15.6 Å². The van der Waals surface area contributed by atoms with Crippen LogP contribution in [0.15, 0.2) is 48.6 Å². The lowest BCUT2D eigenvalue weighted by atomic mass is 10.00. The van der Waals surface area contributed by atoms with E-state index in [1.807, 2.05) is 0 Å². The van der Waals surface area contributed by atoms with Gasteiger partial charge in [0.25, 0.3) is 0 Å². The Morgan fingerprint density at radius 1 is 0.333 bits per heavy atom. The Balaban J connectivity index is 5.32. The number of hydrogen-bond acceptors (Lipinski definition) is 15. The molecule has 0 fully saturated rings. The van der Waals surface area contributed by atoms with Gasteiger partial charge in [-0.3, -0.25) is 37.3 Å². The second-order valence-corrected chi connectivity index (χ2v) is 29.5. The average molecular weight is 1400 g/mol. The highest BCUT2D eigenvalue weighted by Gasteiger charge is 2.30. The van der Waals surface area contributed by atoms with Gasteiger partial charge in [-0.15, -0.1) is 0 Å². The van der Waals surface area contributed by atoms with Crippen LogP contribution < -0.4 is 0 Å². The van der Waals surface area contributed by atoms with E-state index < -0.39 is 97.5 Å². The topological polar surface area (TPSA) is 237 Å². The van der Waals surface area contributed by atoms with Crippen LogP contribution in [0.3, 0.4) is 0 Å². The number of esters is 4. The van der Waals surface area contributed by atoms with Gasteiger partial charge in [0, 0.05) is 25.7 Å². The highest BCUT2D eigenvalue weighted by Crippen LogP contribution is 2.45. The summed E-state index contributed by atoms with van der Waals surface area (Å²) in [6, 6.07) is 0. The first-order valence-corrected chi connectivity index (χ1v) is 41.8. The van der Waals surface area contributed by atoms with Gasteiger partial charge in [-0.1, -0.05) is 302 Å². The van der Waals surface area contributed by atoms with E-state index in [1.165, 1.54) is 141 Å². The third-order valence-corrected chi connectivity index (χ3v) is 19.0. The summed E-state index contributed by atoms with van der Waals surface area (Å²) in [6.07, 6.45) is 64.0.